The van der Waals surface area contributed by atoms with Crippen molar-refractivity contribution in [1.29, 1.82) is 0 Å². The van der Waals surface area contributed by atoms with E-state index in [1.165, 1.54) is 29.9 Å². The first kappa shape index (κ1) is 20.7. The summed E-state index contributed by atoms with van der Waals surface area (Å²) in [4.78, 5) is 30.9. The fourth-order valence-electron chi connectivity index (χ4n) is 2.90. The van der Waals surface area contributed by atoms with Crippen LogP contribution in [-0.4, -0.2) is 16.7 Å². The van der Waals surface area contributed by atoms with Gasteiger partial charge in [-0.15, -0.1) is 11.3 Å². The van der Waals surface area contributed by atoms with Gasteiger partial charge in [0.15, 0.2) is 10.9 Å². The zero-order valence-corrected chi connectivity index (χ0v) is 18.1. The molecule has 0 aliphatic heterocycles. The second-order valence-corrected chi connectivity index (χ2v) is 8.01. The molecule has 0 atom stereocenters. The minimum Gasteiger partial charge on any atom is -0.289 e. The third-order valence-electron chi connectivity index (χ3n) is 4.96. The first-order chi connectivity index (χ1) is 13.8. The van der Waals surface area contributed by atoms with Crippen molar-refractivity contribution >= 4 is 39.9 Å². The Bertz CT molecular complexity index is 1110. The number of anilines is 2. The van der Waals surface area contributed by atoms with Crippen molar-refractivity contribution in [3.63, 3.8) is 0 Å². The van der Waals surface area contributed by atoms with Gasteiger partial charge in [-0.2, -0.15) is 0 Å². The van der Waals surface area contributed by atoms with Gasteiger partial charge < -0.3 is 0 Å². The molecular formula is C24H24N2O2S. The van der Waals surface area contributed by atoms with Crippen LogP contribution < -0.4 is 4.90 Å². The number of amides is 1. The molecule has 29 heavy (non-hydrogen) atoms. The van der Waals surface area contributed by atoms with Crippen LogP contribution in [0.5, 0.6) is 0 Å². The van der Waals surface area contributed by atoms with Gasteiger partial charge in [-0.25, -0.2) is 4.98 Å². The molecule has 0 bridgehead atoms. The maximum atomic E-state index is 12.4. The van der Waals surface area contributed by atoms with Crippen molar-refractivity contribution in [3.05, 3.63) is 81.4 Å². The van der Waals surface area contributed by atoms with Gasteiger partial charge in [-0.3, -0.25) is 14.5 Å². The van der Waals surface area contributed by atoms with E-state index in [9.17, 15) is 9.59 Å². The number of aromatic nitrogens is 1. The molecule has 0 aliphatic rings. The maximum Gasteiger partial charge on any atom is 0.230 e. The minimum atomic E-state index is -0.107. The summed E-state index contributed by atoms with van der Waals surface area (Å²) in [5, 5.41) is 2.43. The lowest BCUT2D eigenvalue weighted by Crippen LogP contribution is -2.22. The lowest BCUT2D eigenvalue weighted by atomic mass is 10.0. The number of carbonyl (C=O) groups excluding carboxylic acids is 2. The van der Waals surface area contributed by atoms with E-state index in [0.29, 0.717) is 16.4 Å². The molecule has 3 aromatic rings. The summed E-state index contributed by atoms with van der Waals surface area (Å²) in [6, 6.07) is 11.6. The van der Waals surface area contributed by atoms with E-state index in [4.69, 9.17) is 0 Å². The maximum absolute atomic E-state index is 12.4. The number of ketones is 1. The van der Waals surface area contributed by atoms with Crippen LogP contribution in [0, 0.1) is 27.7 Å². The second kappa shape index (κ2) is 8.53. The van der Waals surface area contributed by atoms with E-state index >= 15 is 0 Å². The smallest absolute Gasteiger partial charge is 0.230 e. The van der Waals surface area contributed by atoms with Crippen molar-refractivity contribution in [3.8, 4) is 0 Å². The number of rotatable bonds is 5. The number of hydrogen-bond acceptors (Lipinski definition) is 4. The summed E-state index contributed by atoms with van der Waals surface area (Å²) in [5.74, 6) is -0.176. The number of carbonyl (C=O) groups is 2. The largest absolute Gasteiger partial charge is 0.289 e. The Morgan fingerprint density at radius 1 is 0.931 bits per heavy atom. The number of hydrogen-bond donors (Lipinski definition) is 0. The first-order valence-electron chi connectivity index (χ1n) is 9.39. The van der Waals surface area contributed by atoms with E-state index in [0.717, 1.165) is 22.4 Å². The predicted octanol–water partition coefficient (Wildman–Crippen LogP) is 5.96. The highest BCUT2D eigenvalue weighted by molar-refractivity contribution is 7.14. The van der Waals surface area contributed by atoms with Crippen molar-refractivity contribution < 1.29 is 9.59 Å². The van der Waals surface area contributed by atoms with Gasteiger partial charge in [0, 0.05) is 17.9 Å². The van der Waals surface area contributed by atoms with Crippen molar-refractivity contribution in [1.82, 2.24) is 4.98 Å². The molecule has 4 nitrogen and oxygen atoms in total. The summed E-state index contributed by atoms with van der Waals surface area (Å²) in [7, 11) is 0. The number of benzene rings is 2. The van der Waals surface area contributed by atoms with E-state index in [1.54, 1.807) is 11.0 Å². The molecule has 3 rings (SSSR count). The van der Waals surface area contributed by atoms with Crippen LogP contribution in [0.1, 0.15) is 45.2 Å². The van der Waals surface area contributed by atoms with E-state index in [1.807, 2.05) is 69.5 Å². The molecule has 1 heterocycles. The van der Waals surface area contributed by atoms with Crippen molar-refractivity contribution in [2.24, 2.45) is 0 Å². The monoisotopic (exact) mass is 404 g/mol. The Kier molecular flexibility index (Phi) is 6.09. The van der Waals surface area contributed by atoms with Gasteiger partial charge in [-0.1, -0.05) is 18.2 Å². The van der Waals surface area contributed by atoms with Crippen LogP contribution in [0.2, 0.25) is 0 Å². The molecular weight excluding hydrogens is 380 g/mol. The predicted molar refractivity (Wildman–Crippen MR) is 120 cm³/mol. The third kappa shape index (κ3) is 4.69. The van der Waals surface area contributed by atoms with E-state index < -0.39 is 0 Å². The van der Waals surface area contributed by atoms with Gasteiger partial charge in [0.05, 0.1) is 11.4 Å². The normalized spacial score (nSPS) is 11.1. The molecule has 2 aromatic carbocycles. The van der Waals surface area contributed by atoms with Crippen molar-refractivity contribution in [2.45, 2.75) is 34.6 Å². The zero-order chi connectivity index (χ0) is 21.1. The highest BCUT2D eigenvalue weighted by atomic mass is 32.1. The number of aryl methyl sites for hydroxylation is 4. The molecule has 0 fully saturated rings. The Balaban J connectivity index is 1.83. The topological polar surface area (TPSA) is 50.3 Å². The van der Waals surface area contributed by atoms with Crippen LogP contribution in [0.25, 0.3) is 6.08 Å². The molecule has 1 aromatic heterocycles. The minimum absolute atomic E-state index is 0.0692. The number of nitrogens with zero attached hydrogens (tertiary/aromatic N) is 2. The highest BCUT2D eigenvalue weighted by Crippen LogP contribution is 2.30. The fourth-order valence-corrected chi connectivity index (χ4v) is 3.75. The summed E-state index contributed by atoms with van der Waals surface area (Å²) >= 11 is 1.37. The van der Waals surface area contributed by atoms with E-state index in [-0.39, 0.29) is 11.7 Å². The Hall–Kier alpha value is -3.05. The molecule has 0 saturated carbocycles. The number of thiazole rings is 1. The Labute approximate surface area is 175 Å². The molecule has 0 unspecified atom stereocenters. The van der Waals surface area contributed by atoms with Crippen LogP contribution in [0.15, 0.2) is 47.9 Å². The second-order valence-electron chi connectivity index (χ2n) is 7.17. The summed E-state index contributed by atoms with van der Waals surface area (Å²) in [6.45, 7) is 9.59. The molecule has 0 aliphatic carbocycles. The lowest BCUT2D eigenvalue weighted by Gasteiger charge is -2.19. The van der Waals surface area contributed by atoms with Gasteiger partial charge >= 0.3 is 0 Å². The summed E-state index contributed by atoms with van der Waals surface area (Å²) in [5.41, 5.74) is 6.62. The van der Waals surface area contributed by atoms with Gasteiger partial charge in [0.1, 0.15) is 0 Å². The average molecular weight is 405 g/mol. The summed E-state index contributed by atoms with van der Waals surface area (Å²) in [6.07, 6.45) is 3.22. The molecule has 0 saturated heterocycles. The van der Waals surface area contributed by atoms with Crippen LogP contribution in [-0.2, 0) is 4.79 Å². The molecule has 1 amide bonds. The van der Waals surface area contributed by atoms with Crippen LogP contribution in [0.4, 0.5) is 10.8 Å². The zero-order valence-electron chi connectivity index (χ0n) is 17.3. The fraction of sp³-hybridized carbons (Fsp3) is 0.208. The summed E-state index contributed by atoms with van der Waals surface area (Å²) < 4.78 is 0. The first-order valence-corrected chi connectivity index (χ1v) is 10.3. The van der Waals surface area contributed by atoms with E-state index in [2.05, 4.69) is 4.98 Å². The van der Waals surface area contributed by atoms with Crippen LogP contribution >= 0.6 is 11.3 Å². The number of allylic oxidation sites excluding steroid dienone is 1. The van der Waals surface area contributed by atoms with Gasteiger partial charge in [-0.05, 0) is 80.3 Å². The lowest BCUT2D eigenvalue weighted by molar-refractivity contribution is -0.115. The Morgan fingerprint density at radius 2 is 1.59 bits per heavy atom. The SMILES string of the molecule is CC(=O)N(c1ccc(C)c(C)c1)c1nc(C=CC(=O)c2ccc(C)c(C)c2)cs1. The van der Waals surface area contributed by atoms with Crippen LogP contribution in [0.3, 0.4) is 0 Å². The molecule has 0 spiro atoms. The molecule has 0 N–H and O–H groups in total. The Morgan fingerprint density at radius 3 is 2.21 bits per heavy atom. The average Bonchev–Trinajstić information content (AvgIpc) is 3.13. The molecule has 0 radical (unpaired) electrons. The molecule has 148 valence electrons. The van der Waals surface area contributed by atoms with Gasteiger partial charge in [0.2, 0.25) is 5.91 Å². The standard InChI is InChI=1S/C24H24N2O2S/c1-15-6-8-20(12-17(15)3)23(28)11-9-21-14-29-24(25-21)26(19(5)27)22-10-7-16(2)18(4)13-22/h6-14H,1-5H3. The molecule has 5 heteroatoms. The van der Waals surface area contributed by atoms with Gasteiger partial charge in [0.25, 0.3) is 0 Å². The van der Waals surface area contributed by atoms with Crippen molar-refractivity contribution in [2.75, 3.05) is 4.90 Å². The quantitative estimate of drug-likeness (QED) is 0.389. The third-order valence-corrected chi connectivity index (χ3v) is 5.81. The highest BCUT2D eigenvalue weighted by Gasteiger charge is 2.18.